The molecule has 3 aromatic heterocycles. The number of ketones is 1. The Balaban J connectivity index is 1.23. The highest BCUT2D eigenvalue weighted by molar-refractivity contribution is 6.45. The van der Waals surface area contributed by atoms with Crippen molar-refractivity contribution in [2.24, 2.45) is 0 Å². The zero-order chi connectivity index (χ0) is 26.4. The van der Waals surface area contributed by atoms with Gasteiger partial charge in [0.15, 0.2) is 5.82 Å². The number of benzene rings is 1. The van der Waals surface area contributed by atoms with E-state index >= 15 is 0 Å². The molecule has 2 aromatic carbocycles. The van der Waals surface area contributed by atoms with Crippen LogP contribution in [0, 0.1) is 0 Å². The minimum absolute atomic E-state index is 0.155. The number of nitrogens with zero attached hydrogens (tertiary/aromatic N) is 6. The van der Waals surface area contributed by atoms with Crippen LogP contribution < -0.4 is 20.5 Å². The number of ether oxygens (including phenoxy) is 1. The molecule has 1 saturated heterocycles. The van der Waals surface area contributed by atoms with Crippen LogP contribution in [0.2, 0.25) is 0 Å². The minimum atomic E-state index is -0.696. The van der Waals surface area contributed by atoms with Crippen LogP contribution in [0.25, 0.3) is 27.8 Å². The number of amides is 1. The number of aromatic amines is 1. The van der Waals surface area contributed by atoms with E-state index < -0.39 is 22.5 Å². The van der Waals surface area contributed by atoms with E-state index in [0.717, 1.165) is 0 Å². The third kappa shape index (κ3) is 3.57. The van der Waals surface area contributed by atoms with E-state index in [1.54, 1.807) is 12.1 Å². The predicted molar refractivity (Wildman–Crippen MR) is 137 cm³/mol. The number of pyridine rings is 1. The van der Waals surface area contributed by atoms with Crippen LogP contribution in [0.5, 0.6) is 5.75 Å². The van der Waals surface area contributed by atoms with Gasteiger partial charge in [-0.3, -0.25) is 19.2 Å². The predicted octanol–water partition coefficient (Wildman–Crippen LogP) is 0.947. The van der Waals surface area contributed by atoms with Crippen molar-refractivity contribution < 1.29 is 14.3 Å². The molecule has 0 radical (unpaired) electrons. The van der Waals surface area contributed by atoms with E-state index in [0.29, 0.717) is 52.4 Å². The number of carbonyl (C=O) groups is 2. The second kappa shape index (κ2) is 9.07. The molecule has 190 valence electrons. The number of Topliss-reactive ketones (excluding diaryl/α,β-unsaturated/α-hetero) is 1. The molecule has 1 aliphatic rings. The van der Waals surface area contributed by atoms with Gasteiger partial charge in [-0.05, 0) is 5.56 Å². The highest BCUT2D eigenvalue weighted by Crippen LogP contribution is 2.32. The highest BCUT2D eigenvalue weighted by atomic mass is 16.5. The quantitative estimate of drug-likeness (QED) is 0.260. The summed E-state index contributed by atoms with van der Waals surface area (Å²) >= 11 is 0. The van der Waals surface area contributed by atoms with Crippen molar-refractivity contribution in [1.82, 2.24) is 29.6 Å². The Labute approximate surface area is 214 Å². The number of hydrogen-bond donors (Lipinski definition) is 1. The zero-order valence-electron chi connectivity index (χ0n) is 20.2. The van der Waals surface area contributed by atoms with Gasteiger partial charge in [0.2, 0.25) is 10.9 Å². The van der Waals surface area contributed by atoms with Crippen molar-refractivity contribution in [3.05, 3.63) is 81.4 Å². The number of H-pyrrole nitrogens is 1. The van der Waals surface area contributed by atoms with Crippen LogP contribution in [0.1, 0.15) is 10.4 Å². The number of rotatable bonds is 6. The molecule has 1 N–H and O–H groups in total. The number of carbonyl (C=O) groups excluding carboxylic acids is 2. The lowest BCUT2D eigenvalue weighted by Crippen LogP contribution is -2.54. The van der Waals surface area contributed by atoms with Crippen molar-refractivity contribution >= 4 is 28.3 Å². The standard InChI is InChI=1S/C26H21N7O5/c1-38-17-12-29-25(33-14-27-13-30-33)20-19(17)16(11-28-20)22(34)26(37)32-9-7-31(8-10-32)21-18(23(35)24(21)36)15-5-3-2-4-6-15/h2-6,11-14,28H,7-10H2,1H3. The number of methoxy groups -OCH3 is 1. The maximum atomic E-state index is 13.4. The summed E-state index contributed by atoms with van der Waals surface area (Å²) in [5, 5.41) is 4.51. The van der Waals surface area contributed by atoms with Crippen LogP contribution in [-0.4, -0.2) is 74.6 Å². The summed E-state index contributed by atoms with van der Waals surface area (Å²) in [6, 6.07) is 9.03. The van der Waals surface area contributed by atoms with E-state index in [4.69, 9.17) is 4.74 Å². The largest absolute Gasteiger partial charge is 0.494 e. The summed E-state index contributed by atoms with van der Waals surface area (Å²) in [4.78, 5) is 65.9. The van der Waals surface area contributed by atoms with Gasteiger partial charge in [-0.25, -0.2) is 14.6 Å². The molecule has 1 amide bonds. The zero-order valence-corrected chi connectivity index (χ0v) is 20.2. The van der Waals surface area contributed by atoms with Crippen molar-refractivity contribution in [3.63, 3.8) is 0 Å². The summed E-state index contributed by atoms with van der Waals surface area (Å²) in [5.41, 5.74) is 1.05. The number of nitrogens with one attached hydrogen (secondary N) is 1. The molecule has 12 nitrogen and oxygen atoms in total. The Morgan fingerprint density at radius 2 is 1.79 bits per heavy atom. The van der Waals surface area contributed by atoms with E-state index in [-0.39, 0.29) is 18.7 Å². The van der Waals surface area contributed by atoms with Gasteiger partial charge in [0.25, 0.3) is 11.7 Å². The fraction of sp³-hybridized carbons (Fsp3) is 0.192. The Morgan fingerprint density at radius 3 is 2.47 bits per heavy atom. The number of fused-ring (bicyclic) bond motifs is 1. The third-order valence-corrected chi connectivity index (χ3v) is 6.78. The smallest absolute Gasteiger partial charge is 0.295 e. The molecule has 0 saturated carbocycles. The molecule has 0 atom stereocenters. The molecule has 1 fully saturated rings. The average Bonchev–Trinajstić information content (AvgIpc) is 3.66. The number of piperazine rings is 1. The maximum absolute atomic E-state index is 13.4. The van der Waals surface area contributed by atoms with Gasteiger partial charge in [0.1, 0.15) is 24.1 Å². The molecule has 38 heavy (non-hydrogen) atoms. The molecule has 5 aromatic rings. The summed E-state index contributed by atoms with van der Waals surface area (Å²) in [5.74, 6) is -0.627. The first-order valence-corrected chi connectivity index (χ1v) is 11.9. The first kappa shape index (κ1) is 23.3. The van der Waals surface area contributed by atoms with Crippen molar-refractivity contribution in [3.8, 4) is 22.7 Å². The van der Waals surface area contributed by atoms with Gasteiger partial charge in [0.05, 0.1) is 35.3 Å². The van der Waals surface area contributed by atoms with Gasteiger partial charge in [-0.1, -0.05) is 30.3 Å². The molecule has 1 aliphatic heterocycles. The Morgan fingerprint density at radius 1 is 1.03 bits per heavy atom. The molecule has 12 heteroatoms. The lowest BCUT2D eigenvalue weighted by Gasteiger charge is -2.36. The molecule has 4 heterocycles. The van der Waals surface area contributed by atoms with Crippen LogP contribution in [0.15, 0.2) is 65.0 Å². The molecule has 0 bridgehead atoms. The molecule has 0 spiro atoms. The second-order valence-electron chi connectivity index (χ2n) is 8.80. The first-order valence-electron chi connectivity index (χ1n) is 11.9. The molecular formula is C26H21N7O5. The van der Waals surface area contributed by atoms with E-state index in [1.807, 2.05) is 23.1 Å². The summed E-state index contributed by atoms with van der Waals surface area (Å²) < 4.78 is 6.87. The third-order valence-electron chi connectivity index (χ3n) is 6.78. The van der Waals surface area contributed by atoms with Gasteiger partial charge in [0, 0.05) is 32.4 Å². The van der Waals surface area contributed by atoms with E-state index in [1.165, 1.54) is 41.7 Å². The Bertz CT molecular complexity index is 1740. The molecular weight excluding hydrogens is 490 g/mol. The second-order valence-corrected chi connectivity index (χ2v) is 8.80. The normalized spacial score (nSPS) is 13.8. The van der Waals surface area contributed by atoms with Crippen LogP contribution in [-0.2, 0) is 4.79 Å². The number of aromatic nitrogens is 5. The van der Waals surface area contributed by atoms with Crippen LogP contribution in [0.3, 0.4) is 0 Å². The summed E-state index contributed by atoms with van der Waals surface area (Å²) in [7, 11) is 1.46. The lowest BCUT2D eigenvalue weighted by atomic mass is 9.97. The lowest BCUT2D eigenvalue weighted by molar-refractivity contribution is -0.126. The van der Waals surface area contributed by atoms with Crippen LogP contribution in [0.4, 0.5) is 5.69 Å². The topological polar surface area (TPSA) is 143 Å². The molecule has 0 unspecified atom stereocenters. The van der Waals surface area contributed by atoms with Crippen molar-refractivity contribution in [1.29, 1.82) is 0 Å². The van der Waals surface area contributed by atoms with Gasteiger partial charge in [-0.2, -0.15) is 5.10 Å². The monoisotopic (exact) mass is 511 g/mol. The SMILES string of the molecule is COc1cnc(-n2cncn2)c2[nH]cc(C(=O)C(=O)N3CCN(c4c(-c5ccccc5)c(=O)c4=O)CC3)c12. The Hall–Kier alpha value is -5.13. The maximum Gasteiger partial charge on any atom is 0.295 e. The van der Waals surface area contributed by atoms with Crippen LogP contribution >= 0.6 is 0 Å². The highest BCUT2D eigenvalue weighted by Gasteiger charge is 2.33. The molecule has 6 rings (SSSR count). The van der Waals surface area contributed by atoms with E-state index in [2.05, 4.69) is 20.1 Å². The number of anilines is 1. The summed E-state index contributed by atoms with van der Waals surface area (Å²) in [6.45, 7) is 1.09. The van der Waals surface area contributed by atoms with Gasteiger partial charge < -0.3 is 19.5 Å². The number of hydrogen-bond acceptors (Lipinski definition) is 9. The van der Waals surface area contributed by atoms with Gasteiger partial charge >= 0.3 is 0 Å². The fourth-order valence-electron chi connectivity index (χ4n) is 4.88. The van der Waals surface area contributed by atoms with Gasteiger partial charge in [-0.15, -0.1) is 0 Å². The van der Waals surface area contributed by atoms with E-state index in [9.17, 15) is 19.2 Å². The Kier molecular flexibility index (Phi) is 5.56. The minimum Gasteiger partial charge on any atom is -0.494 e. The molecule has 0 aliphatic carbocycles. The van der Waals surface area contributed by atoms with Crippen molar-refractivity contribution in [2.75, 3.05) is 38.2 Å². The van der Waals surface area contributed by atoms with Crippen molar-refractivity contribution in [2.45, 2.75) is 0 Å². The summed E-state index contributed by atoms with van der Waals surface area (Å²) in [6.07, 6.45) is 5.76. The average molecular weight is 511 g/mol. The first-order chi connectivity index (χ1) is 18.5. The fourth-order valence-corrected chi connectivity index (χ4v) is 4.88.